The molecule has 1 unspecified atom stereocenters. The molecule has 320 valence electrons. The van der Waals surface area contributed by atoms with Crippen molar-refractivity contribution in [2.24, 2.45) is 5.92 Å². The first-order valence-electron chi connectivity index (χ1n) is 20.2. The van der Waals surface area contributed by atoms with Gasteiger partial charge in [-0.05, 0) is 74.8 Å². The molecule has 8 rings (SSSR count). The third-order valence-electron chi connectivity index (χ3n) is 12.1. The summed E-state index contributed by atoms with van der Waals surface area (Å²) in [7, 11) is -3.15. The molecule has 0 aromatic carbocycles. The van der Waals surface area contributed by atoms with Gasteiger partial charge in [-0.15, -0.1) is 0 Å². The van der Waals surface area contributed by atoms with Crippen LogP contribution in [0.3, 0.4) is 0 Å². The smallest absolute Gasteiger partial charge is 0.372 e. The number of sulfone groups is 1. The SMILES string of the molecule is C=CC(=O)N1CCCC1c1cnc(N2C[C@H](CS(C)(=O)=O)[C@H]2C)c2cnc(Nc3ccnc(N4CC[C@@H](OC5CCN(c6cccc(C(F)(F)F)n6)CC5)[C@@H](F)C4)n3)cc12. The van der Waals surface area contributed by atoms with Crippen LogP contribution >= 0.6 is 0 Å². The molecule has 4 aromatic rings. The van der Waals surface area contributed by atoms with Crippen LogP contribution in [0.25, 0.3) is 10.8 Å². The van der Waals surface area contributed by atoms with Crippen LogP contribution in [-0.2, 0) is 25.5 Å². The highest BCUT2D eigenvalue weighted by atomic mass is 32.2. The standard InChI is InChI=1S/C41H48F4N10O4S/c1-4-38(56)54-15-6-7-32(54)29-20-48-39(55-22-26(25(55)2)24-60(3,57)58)30-21-47-36(19-28(29)30)50-35-10-14-46-40(51-35)53-18-13-33(31(42)23-53)59-27-11-16-52(17-12-27)37-9-5-8-34(49-37)41(43,44)45/h4-5,8-10,14,19-21,25-27,31-33H,1,6-7,11-13,15-18,22-24H2,2-3H3,(H,46,47,50,51)/t25-,26-,31+,32?,33-/m1/s1. The Balaban J connectivity index is 0.942. The third-order valence-corrected chi connectivity index (χ3v) is 13.1. The molecule has 19 heteroatoms. The van der Waals surface area contributed by atoms with E-state index in [4.69, 9.17) is 19.7 Å². The first kappa shape index (κ1) is 41.6. The predicted molar refractivity (Wildman–Crippen MR) is 220 cm³/mol. The average Bonchev–Trinajstić information content (AvgIpc) is 3.72. The number of pyridine rings is 3. The number of rotatable bonds is 11. The Hall–Kier alpha value is -5.17. The lowest BCUT2D eigenvalue weighted by Crippen LogP contribution is -2.57. The topological polar surface area (TPSA) is 150 Å². The van der Waals surface area contributed by atoms with Gasteiger partial charge in [-0.1, -0.05) is 12.6 Å². The molecule has 0 bridgehead atoms. The van der Waals surface area contributed by atoms with Gasteiger partial charge in [0.05, 0.1) is 30.5 Å². The lowest BCUT2D eigenvalue weighted by Gasteiger charge is -2.47. The lowest BCUT2D eigenvalue weighted by atomic mass is 9.90. The Morgan fingerprint density at radius 1 is 0.967 bits per heavy atom. The molecule has 5 atom stereocenters. The lowest BCUT2D eigenvalue weighted by molar-refractivity contribution is -0.141. The van der Waals surface area contributed by atoms with Crippen LogP contribution in [0.5, 0.6) is 0 Å². The largest absolute Gasteiger partial charge is 0.433 e. The van der Waals surface area contributed by atoms with Crippen LogP contribution < -0.4 is 20.0 Å². The van der Waals surface area contributed by atoms with Gasteiger partial charge in [-0.2, -0.15) is 18.2 Å². The van der Waals surface area contributed by atoms with Crippen LogP contribution in [0.4, 0.5) is 46.8 Å². The highest BCUT2D eigenvalue weighted by molar-refractivity contribution is 7.90. The monoisotopic (exact) mass is 852 g/mol. The second kappa shape index (κ2) is 16.7. The van der Waals surface area contributed by atoms with Crippen LogP contribution in [0.15, 0.2) is 61.6 Å². The van der Waals surface area contributed by atoms with E-state index in [1.54, 1.807) is 39.2 Å². The van der Waals surface area contributed by atoms with Crippen LogP contribution in [0.2, 0.25) is 0 Å². The minimum absolute atomic E-state index is 0.0236. The number of carbonyl (C=O) groups excluding carboxylic acids is 1. The molecule has 4 aliphatic heterocycles. The maximum absolute atomic E-state index is 15.7. The molecular formula is C41H48F4N10O4S. The summed E-state index contributed by atoms with van der Waals surface area (Å²) in [6.07, 6.45) is 4.09. The van der Waals surface area contributed by atoms with Crippen molar-refractivity contribution in [3.8, 4) is 0 Å². The summed E-state index contributed by atoms with van der Waals surface area (Å²) in [4.78, 5) is 42.9. The van der Waals surface area contributed by atoms with E-state index in [1.807, 2.05) is 19.2 Å². The number of aromatic nitrogens is 5. The number of hydrogen-bond acceptors (Lipinski definition) is 13. The zero-order valence-corrected chi connectivity index (χ0v) is 34.2. The van der Waals surface area contributed by atoms with Crippen molar-refractivity contribution in [1.82, 2.24) is 29.8 Å². The highest BCUT2D eigenvalue weighted by Crippen LogP contribution is 2.41. The van der Waals surface area contributed by atoms with Crippen molar-refractivity contribution in [1.29, 1.82) is 0 Å². The van der Waals surface area contributed by atoms with Crippen molar-refractivity contribution in [3.05, 3.63) is 72.8 Å². The van der Waals surface area contributed by atoms with Crippen LogP contribution in [-0.4, -0.2) is 120 Å². The second-order valence-corrected chi connectivity index (χ2v) is 18.3. The maximum Gasteiger partial charge on any atom is 0.433 e. The molecule has 1 amide bonds. The molecule has 0 radical (unpaired) electrons. The Kier molecular flexibility index (Phi) is 11.6. The summed E-state index contributed by atoms with van der Waals surface area (Å²) in [6, 6.07) is 7.20. The zero-order chi connectivity index (χ0) is 42.3. The third kappa shape index (κ3) is 8.82. The van der Waals surface area contributed by atoms with E-state index >= 15 is 4.39 Å². The number of halogens is 4. The van der Waals surface area contributed by atoms with Gasteiger partial charge in [0.25, 0.3) is 0 Å². The van der Waals surface area contributed by atoms with Crippen LogP contribution in [0, 0.1) is 5.92 Å². The van der Waals surface area contributed by atoms with Crippen molar-refractivity contribution in [2.45, 2.75) is 75.7 Å². The fraction of sp³-hybridized carbons (Fsp3) is 0.512. The number of ether oxygens (including phenoxy) is 1. The average molecular weight is 853 g/mol. The molecule has 4 saturated heterocycles. The maximum atomic E-state index is 15.7. The van der Waals surface area contributed by atoms with Gasteiger partial charge in [-0.3, -0.25) is 4.79 Å². The summed E-state index contributed by atoms with van der Waals surface area (Å²) in [5.41, 5.74) is -0.0623. The quantitative estimate of drug-likeness (QED) is 0.141. The van der Waals surface area contributed by atoms with Crippen molar-refractivity contribution >= 4 is 55.7 Å². The minimum atomic E-state index is -4.52. The van der Waals surface area contributed by atoms with Gasteiger partial charge >= 0.3 is 6.18 Å². The van der Waals surface area contributed by atoms with E-state index in [9.17, 15) is 26.4 Å². The number of nitrogens with one attached hydrogen (secondary N) is 1. The van der Waals surface area contributed by atoms with Gasteiger partial charge in [-0.25, -0.2) is 32.7 Å². The van der Waals surface area contributed by atoms with Gasteiger partial charge < -0.3 is 29.7 Å². The van der Waals surface area contributed by atoms with Crippen molar-refractivity contribution in [2.75, 3.05) is 71.3 Å². The number of nitrogens with zero attached hydrogens (tertiary/aromatic N) is 9. The Morgan fingerprint density at radius 3 is 2.47 bits per heavy atom. The molecular weight excluding hydrogens is 805 g/mol. The first-order valence-corrected chi connectivity index (χ1v) is 22.3. The summed E-state index contributed by atoms with van der Waals surface area (Å²) in [5.74, 6) is 2.16. The molecule has 1 N–H and O–H groups in total. The van der Waals surface area contributed by atoms with Gasteiger partial charge in [0.15, 0.2) is 0 Å². The number of amides is 1. The number of fused-ring (bicyclic) bond motifs is 1. The van der Waals surface area contributed by atoms with Crippen molar-refractivity contribution < 1.29 is 35.5 Å². The second-order valence-electron chi connectivity index (χ2n) is 16.1. The summed E-state index contributed by atoms with van der Waals surface area (Å²) >= 11 is 0. The van der Waals surface area contributed by atoms with E-state index in [0.29, 0.717) is 75.4 Å². The highest BCUT2D eigenvalue weighted by Gasteiger charge is 2.40. The van der Waals surface area contributed by atoms with E-state index in [0.717, 1.165) is 35.2 Å². The van der Waals surface area contributed by atoms with Gasteiger partial charge in [0.1, 0.15) is 45.0 Å². The van der Waals surface area contributed by atoms with E-state index in [1.165, 1.54) is 18.4 Å². The molecule has 8 heterocycles. The molecule has 0 saturated carbocycles. The predicted octanol–water partition coefficient (Wildman–Crippen LogP) is 5.90. The minimum Gasteiger partial charge on any atom is -0.372 e. The van der Waals surface area contributed by atoms with Gasteiger partial charge in [0.2, 0.25) is 11.9 Å². The molecule has 0 spiro atoms. The Labute approximate surface area is 346 Å². The number of carbonyl (C=O) groups is 1. The summed E-state index contributed by atoms with van der Waals surface area (Å²) in [6.45, 7) is 8.21. The molecule has 60 heavy (non-hydrogen) atoms. The fourth-order valence-electron chi connectivity index (χ4n) is 8.87. The molecule has 4 fully saturated rings. The van der Waals surface area contributed by atoms with E-state index in [-0.39, 0.29) is 48.1 Å². The van der Waals surface area contributed by atoms with E-state index in [2.05, 4.69) is 26.8 Å². The molecule has 0 aliphatic carbocycles. The van der Waals surface area contributed by atoms with E-state index < -0.39 is 34.0 Å². The molecule has 14 nitrogen and oxygen atoms in total. The normalized spacial score (nSPS) is 24.1. The Morgan fingerprint density at radius 2 is 1.75 bits per heavy atom. The number of likely N-dealkylation sites (tertiary alicyclic amines) is 1. The number of alkyl halides is 4. The zero-order valence-electron chi connectivity index (χ0n) is 33.4. The number of anilines is 5. The molecule has 4 aromatic heterocycles. The van der Waals surface area contributed by atoms with Crippen LogP contribution in [0.1, 0.15) is 56.3 Å². The first-order chi connectivity index (χ1) is 28.6. The summed E-state index contributed by atoms with van der Waals surface area (Å²) < 4.78 is 85.6. The Bertz CT molecular complexity index is 2350. The number of piperidine rings is 2. The number of hydrogen-bond donors (Lipinski definition) is 1. The fourth-order valence-corrected chi connectivity index (χ4v) is 10.0. The summed E-state index contributed by atoms with van der Waals surface area (Å²) in [5, 5.41) is 4.91. The van der Waals surface area contributed by atoms with Crippen molar-refractivity contribution in [3.63, 3.8) is 0 Å². The van der Waals surface area contributed by atoms with Gasteiger partial charge in [0, 0.05) is 80.5 Å². The molecule has 4 aliphatic rings.